The minimum absolute atomic E-state index is 0.699. The van der Waals surface area contributed by atoms with Gasteiger partial charge in [-0.25, -0.2) is 0 Å². The number of hydrogen-bond donors (Lipinski definition) is 1. The monoisotopic (exact) mass is 168 g/mol. The third kappa shape index (κ3) is 1.50. The summed E-state index contributed by atoms with van der Waals surface area (Å²) in [6.45, 7) is 7.26. The summed E-state index contributed by atoms with van der Waals surface area (Å²) >= 11 is 0. The van der Waals surface area contributed by atoms with Gasteiger partial charge in [0.25, 0.3) is 0 Å². The lowest BCUT2D eigenvalue weighted by molar-refractivity contribution is 0.172. The molecule has 0 aromatic heterocycles. The largest absolute Gasteiger partial charge is 0.302 e. The molecule has 2 nitrogen and oxygen atoms in total. The van der Waals surface area contributed by atoms with Gasteiger partial charge in [-0.3, -0.25) is 4.90 Å². The zero-order valence-corrected chi connectivity index (χ0v) is 8.21. The molecule has 3 atom stereocenters. The van der Waals surface area contributed by atoms with E-state index in [0.29, 0.717) is 6.17 Å². The van der Waals surface area contributed by atoms with Gasteiger partial charge in [0, 0.05) is 12.6 Å². The molecule has 12 heavy (non-hydrogen) atoms. The van der Waals surface area contributed by atoms with Crippen LogP contribution in [0, 0.1) is 5.92 Å². The molecule has 2 rings (SSSR count). The lowest BCUT2D eigenvalue weighted by Crippen LogP contribution is -2.43. The molecule has 0 saturated carbocycles. The zero-order chi connectivity index (χ0) is 8.55. The molecule has 2 heteroatoms. The second-order valence-electron chi connectivity index (χ2n) is 4.50. The lowest BCUT2D eigenvalue weighted by Gasteiger charge is -2.28. The molecule has 0 spiro atoms. The first kappa shape index (κ1) is 8.52. The van der Waals surface area contributed by atoms with Crippen LogP contribution in [-0.2, 0) is 0 Å². The highest BCUT2D eigenvalue weighted by Gasteiger charge is 2.32. The molecule has 0 bridgehead atoms. The highest BCUT2D eigenvalue weighted by Crippen LogP contribution is 2.26. The van der Waals surface area contributed by atoms with Crippen molar-refractivity contribution in [3.63, 3.8) is 0 Å². The summed E-state index contributed by atoms with van der Waals surface area (Å²) in [4.78, 5) is 2.65. The first-order chi connectivity index (χ1) is 5.77. The second kappa shape index (κ2) is 3.35. The van der Waals surface area contributed by atoms with Gasteiger partial charge in [-0.05, 0) is 38.6 Å². The molecule has 70 valence electrons. The summed E-state index contributed by atoms with van der Waals surface area (Å²) in [7, 11) is 0. The second-order valence-corrected chi connectivity index (χ2v) is 4.50. The van der Waals surface area contributed by atoms with Crippen molar-refractivity contribution < 1.29 is 0 Å². The van der Waals surface area contributed by atoms with Crippen molar-refractivity contribution in [3.05, 3.63) is 0 Å². The Kier molecular flexibility index (Phi) is 2.37. The molecule has 3 unspecified atom stereocenters. The van der Waals surface area contributed by atoms with E-state index in [1.165, 1.54) is 32.4 Å². The smallest absolute Gasteiger partial charge is 0.0600 e. The van der Waals surface area contributed by atoms with Crippen LogP contribution in [0.1, 0.15) is 33.1 Å². The fourth-order valence-corrected chi connectivity index (χ4v) is 2.72. The zero-order valence-electron chi connectivity index (χ0n) is 8.21. The first-order valence-electron chi connectivity index (χ1n) is 5.26. The SMILES string of the molecule is CC1CC(C)N(C2CCCN2)C1. The van der Waals surface area contributed by atoms with Crippen molar-refractivity contribution in [2.45, 2.75) is 45.3 Å². The van der Waals surface area contributed by atoms with Gasteiger partial charge in [0.15, 0.2) is 0 Å². The van der Waals surface area contributed by atoms with Crippen molar-refractivity contribution in [2.24, 2.45) is 5.92 Å². The highest BCUT2D eigenvalue weighted by atomic mass is 15.3. The minimum Gasteiger partial charge on any atom is -0.302 e. The Balaban J connectivity index is 1.94. The Hall–Kier alpha value is -0.0800. The normalized spacial score (nSPS) is 44.0. The molecular weight excluding hydrogens is 148 g/mol. The molecule has 0 radical (unpaired) electrons. The Morgan fingerprint density at radius 1 is 1.33 bits per heavy atom. The van der Waals surface area contributed by atoms with E-state index in [0.717, 1.165) is 12.0 Å². The van der Waals surface area contributed by atoms with Crippen LogP contribution in [0.3, 0.4) is 0 Å². The predicted octanol–water partition coefficient (Wildman–Crippen LogP) is 1.43. The topological polar surface area (TPSA) is 15.3 Å². The van der Waals surface area contributed by atoms with Gasteiger partial charge >= 0.3 is 0 Å². The Labute approximate surface area is 75.3 Å². The van der Waals surface area contributed by atoms with E-state index in [2.05, 4.69) is 24.1 Å². The van der Waals surface area contributed by atoms with Crippen molar-refractivity contribution in [1.82, 2.24) is 10.2 Å². The van der Waals surface area contributed by atoms with Crippen molar-refractivity contribution >= 4 is 0 Å². The Bertz CT molecular complexity index is 152. The van der Waals surface area contributed by atoms with Gasteiger partial charge in [-0.2, -0.15) is 0 Å². The number of rotatable bonds is 1. The summed E-state index contributed by atoms with van der Waals surface area (Å²) in [6.07, 6.45) is 4.81. The van der Waals surface area contributed by atoms with E-state index in [4.69, 9.17) is 0 Å². The molecule has 0 aromatic carbocycles. The molecular formula is C10H20N2. The summed E-state index contributed by atoms with van der Waals surface area (Å²) in [6, 6.07) is 0.801. The molecule has 0 aliphatic carbocycles. The maximum absolute atomic E-state index is 3.58. The van der Waals surface area contributed by atoms with Crippen molar-refractivity contribution in [3.8, 4) is 0 Å². The van der Waals surface area contributed by atoms with Crippen LogP contribution >= 0.6 is 0 Å². The van der Waals surface area contributed by atoms with E-state index < -0.39 is 0 Å². The van der Waals surface area contributed by atoms with Crippen LogP contribution in [0.25, 0.3) is 0 Å². The van der Waals surface area contributed by atoms with Crippen LogP contribution in [-0.4, -0.2) is 30.2 Å². The molecule has 2 heterocycles. The van der Waals surface area contributed by atoms with E-state index in [-0.39, 0.29) is 0 Å². The molecule has 0 aromatic rings. The number of nitrogens with one attached hydrogen (secondary N) is 1. The van der Waals surface area contributed by atoms with Gasteiger partial charge in [0.05, 0.1) is 6.17 Å². The standard InChI is InChI=1S/C10H20N2/c1-8-6-9(2)12(7-8)10-4-3-5-11-10/h8-11H,3-7H2,1-2H3. The molecule has 2 saturated heterocycles. The number of hydrogen-bond acceptors (Lipinski definition) is 2. The number of nitrogens with zero attached hydrogens (tertiary/aromatic N) is 1. The van der Waals surface area contributed by atoms with E-state index in [1.54, 1.807) is 0 Å². The predicted molar refractivity (Wildman–Crippen MR) is 51.0 cm³/mol. The third-order valence-electron chi connectivity index (χ3n) is 3.27. The first-order valence-corrected chi connectivity index (χ1v) is 5.26. The van der Waals surface area contributed by atoms with Gasteiger partial charge < -0.3 is 5.32 Å². The summed E-state index contributed by atoms with van der Waals surface area (Å²) in [5, 5.41) is 3.58. The molecule has 2 aliphatic heterocycles. The van der Waals surface area contributed by atoms with Crippen LogP contribution in [0.5, 0.6) is 0 Å². The van der Waals surface area contributed by atoms with Gasteiger partial charge in [-0.1, -0.05) is 6.92 Å². The quantitative estimate of drug-likeness (QED) is 0.637. The lowest BCUT2D eigenvalue weighted by atomic mass is 10.1. The maximum atomic E-state index is 3.58. The van der Waals surface area contributed by atoms with Crippen LogP contribution in [0.2, 0.25) is 0 Å². The van der Waals surface area contributed by atoms with Crippen molar-refractivity contribution in [1.29, 1.82) is 0 Å². The fraction of sp³-hybridized carbons (Fsp3) is 1.00. The molecule has 2 fully saturated rings. The Morgan fingerprint density at radius 2 is 2.17 bits per heavy atom. The van der Waals surface area contributed by atoms with Crippen LogP contribution in [0.15, 0.2) is 0 Å². The van der Waals surface area contributed by atoms with Gasteiger partial charge in [0.2, 0.25) is 0 Å². The highest BCUT2D eigenvalue weighted by molar-refractivity contribution is 4.86. The maximum Gasteiger partial charge on any atom is 0.0600 e. The Morgan fingerprint density at radius 3 is 2.67 bits per heavy atom. The summed E-state index contributed by atoms with van der Waals surface area (Å²) in [5.74, 6) is 0.905. The molecule has 1 N–H and O–H groups in total. The molecule has 2 aliphatic rings. The van der Waals surface area contributed by atoms with E-state index in [9.17, 15) is 0 Å². The van der Waals surface area contributed by atoms with Crippen LogP contribution < -0.4 is 5.32 Å². The van der Waals surface area contributed by atoms with E-state index >= 15 is 0 Å². The third-order valence-corrected chi connectivity index (χ3v) is 3.27. The van der Waals surface area contributed by atoms with Crippen LogP contribution in [0.4, 0.5) is 0 Å². The fourth-order valence-electron chi connectivity index (χ4n) is 2.72. The summed E-state index contributed by atoms with van der Waals surface area (Å²) < 4.78 is 0. The summed E-state index contributed by atoms with van der Waals surface area (Å²) in [5.41, 5.74) is 0. The molecule has 0 amide bonds. The van der Waals surface area contributed by atoms with E-state index in [1.807, 2.05) is 0 Å². The average Bonchev–Trinajstić information content (AvgIpc) is 2.58. The average molecular weight is 168 g/mol. The van der Waals surface area contributed by atoms with Gasteiger partial charge in [0.1, 0.15) is 0 Å². The minimum atomic E-state index is 0.699. The van der Waals surface area contributed by atoms with Gasteiger partial charge in [-0.15, -0.1) is 0 Å². The van der Waals surface area contributed by atoms with Crippen molar-refractivity contribution in [2.75, 3.05) is 13.1 Å². The number of likely N-dealkylation sites (tertiary alicyclic amines) is 1.